The number of aliphatic imine (C=N–C) groups is 1. The van der Waals surface area contributed by atoms with E-state index in [9.17, 15) is 0 Å². The van der Waals surface area contributed by atoms with Gasteiger partial charge < -0.3 is 10.6 Å². The molecule has 1 aromatic carbocycles. The molecule has 1 unspecified atom stereocenters. The van der Waals surface area contributed by atoms with Gasteiger partial charge in [0.25, 0.3) is 0 Å². The monoisotopic (exact) mass is 307 g/mol. The first-order valence-corrected chi connectivity index (χ1v) is 8.03. The van der Waals surface area contributed by atoms with E-state index in [-0.39, 0.29) is 11.6 Å². The Bertz CT molecular complexity index is 768. The summed E-state index contributed by atoms with van der Waals surface area (Å²) in [5.41, 5.74) is 3.64. The quantitative estimate of drug-likeness (QED) is 0.816. The Kier molecular flexibility index (Phi) is 3.22. The Hall–Kier alpha value is -2.56. The first-order valence-electron chi connectivity index (χ1n) is 8.03. The van der Waals surface area contributed by atoms with Crippen LogP contribution in [0.25, 0.3) is 0 Å². The molecule has 1 saturated carbocycles. The lowest BCUT2D eigenvalue weighted by Crippen LogP contribution is -2.41. The van der Waals surface area contributed by atoms with Gasteiger partial charge in [0.15, 0.2) is 5.82 Å². The summed E-state index contributed by atoms with van der Waals surface area (Å²) in [7, 11) is 0. The zero-order valence-corrected chi connectivity index (χ0v) is 13.4. The molecule has 2 heterocycles. The summed E-state index contributed by atoms with van der Waals surface area (Å²) in [4.78, 5) is 4.91. The summed E-state index contributed by atoms with van der Waals surface area (Å²) in [5, 5.41) is 14.0. The molecular formula is C18H21N5. The van der Waals surface area contributed by atoms with Crippen LogP contribution in [0.4, 0.5) is 5.82 Å². The summed E-state index contributed by atoms with van der Waals surface area (Å²) in [5.74, 6) is 1.66. The van der Waals surface area contributed by atoms with Crippen LogP contribution in [0.1, 0.15) is 31.0 Å². The number of anilines is 1. The molecule has 1 atom stereocenters. The van der Waals surface area contributed by atoms with E-state index in [0.29, 0.717) is 0 Å². The molecule has 3 N–H and O–H groups in total. The third-order valence-electron chi connectivity index (χ3n) is 4.61. The van der Waals surface area contributed by atoms with Crippen LogP contribution in [0.15, 0.2) is 53.2 Å². The van der Waals surface area contributed by atoms with Gasteiger partial charge in [-0.05, 0) is 38.3 Å². The van der Waals surface area contributed by atoms with Gasteiger partial charge in [0, 0.05) is 22.9 Å². The molecular weight excluding hydrogens is 286 g/mol. The highest BCUT2D eigenvalue weighted by atomic mass is 15.2. The maximum absolute atomic E-state index is 4.91. The summed E-state index contributed by atoms with van der Waals surface area (Å²) in [6.07, 6.45) is 4.43. The second kappa shape index (κ2) is 5.26. The molecule has 1 fully saturated rings. The maximum Gasteiger partial charge on any atom is 0.153 e. The second-order valence-electron chi connectivity index (χ2n) is 6.47. The summed E-state index contributed by atoms with van der Waals surface area (Å²) < 4.78 is 0. The average Bonchev–Trinajstić information content (AvgIpc) is 3.26. The minimum absolute atomic E-state index is 0.0671. The van der Waals surface area contributed by atoms with E-state index in [0.717, 1.165) is 23.0 Å². The molecule has 0 spiro atoms. The Morgan fingerprint density at radius 3 is 2.61 bits per heavy atom. The second-order valence-corrected chi connectivity index (χ2v) is 6.47. The number of nitrogens with one attached hydrogen (secondary N) is 3. The van der Waals surface area contributed by atoms with Crippen molar-refractivity contribution in [2.45, 2.75) is 38.3 Å². The van der Waals surface area contributed by atoms with E-state index in [1.165, 1.54) is 18.4 Å². The largest absolute Gasteiger partial charge is 0.366 e. The molecule has 5 nitrogen and oxygen atoms in total. The van der Waals surface area contributed by atoms with Crippen LogP contribution in [0.3, 0.4) is 0 Å². The smallest absolute Gasteiger partial charge is 0.153 e. The molecule has 2 aliphatic rings. The third kappa shape index (κ3) is 2.63. The molecule has 0 saturated heterocycles. The molecule has 118 valence electrons. The maximum atomic E-state index is 4.91. The third-order valence-corrected chi connectivity index (χ3v) is 4.61. The summed E-state index contributed by atoms with van der Waals surface area (Å²) in [6, 6.07) is 12.7. The zero-order chi connectivity index (χ0) is 15.9. The van der Waals surface area contributed by atoms with Crippen molar-refractivity contribution in [3.05, 3.63) is 59.4 Å². The molecule has 0 bridgehead atoms. The molecule has 4 rings (SSSR count). The van der Waals surface area contributed by atoms with Gasteiger partial charge in [-0.1, -0.05) is 30.3 Å². The van der Waals surface area contributed by atoms with Crippen molar-refractivity contribution in [1.29, 1.82) is 0 Å². The lowest BCUT2D eigenvalue weighted by atomic mass is 9.92. The van der Waals surface area contributed by atoms with Crippen LogP contribution in [0, 0.1) is 6.92 Å². The number of allylic oxidation sites excluding steroid dienone is 1. The van der Waals surface area contributed by atoms with Crippen molar-refractivity contribution >= 4 is 11.7 Å². The topological polar surface area (TPSA) is 65.1 Å². The molecule has 23 heavy (non-hydrogen) atoms. The lowest BCUT2D eigenvalue weighted by Gasteiger charge is -2.30. The van der Waals surface area contributed by atoms with E-state index >= 15 is 0 Å². The van der Waals surface area contributed by atoms with E-state index in [4.69, 9.17) is 4.99 Å². The molecule has 5 heteroatoms. The van der Waals surface area contributed by atoms with Crippen molar-refractivity contribution in [2.24, 2.45) is 4.99 Å². The van der Waals surface area contributed by atoms with Gasteiger partial charge in [-0.25, -0.2) is 4.99 Å². The number of aromatic nitrogens is 2. The number of amidine groups is 1. The van der Waals surface area contributed by atoms with Gasteiger partial charge in [0.2, 0.25) is 0 Å². The normalized spacial score (nSPS) is 21.9. The van der Waals surface area contributed by atoms with E-state index in [2.05, 4.69) is 58.1 Å². The van der Waals surface area contributed by atoms with Gasteiger partial charge in [-0.2, -0.15) is 5.10 Å². The van der Waals surface area contributed by atoms with Crippen molar-refractivity contribution in [1.82, 2.24) is 15.5 Å². The molecule has 1 aromatic heterocycles. The van der Waals surface area contributed by atoms with Crippen molar-refractivity contribution < 1.29 is 0 Å². The van der Waals surface area contributed by atoms with Crippen LogP contribution in [-0.4, -0.2) is 22.2 Å². The fourth-order valence-electron chi connectivity index (χ4n) is 3.24. The predicted molar refractivity (Wildman–Crippen MR) is 92.4 cm³/mol. The summed E-state index contributed by atoms with van der Waals surface area (Å²) >= 11 is 0. The van der Waals surface area contributed by atoms with Crippen LogP contribution in [-0.2, 0) is 5.41 Å². The van der Waals surface area contributed by atoms with Gasteiger partial charge in [0.1, 0.15) is 12.0 Å². The Morgan fingerprint density at radius 1 is 1.17 bits per heavy atom. The first-order chi connectivity index (χ1) is 11.2. The minimum Gasteiger partial charge on any atom is -0.366 e. The number of hydrogen-bond acceptors (Lipinski definition) is 4. The number of nitrogens with zero attached hydrogens (tertiary/aromatic N) is 2. The van der Waals surface area contributed by atoms with Crippen LogP contribution < -0.4 is 10.6 Å². The minimum atomic E-state index is 0.0671. The van der Waals surface area contributed by atoms with Crippen molar-refractivity contribution in [3.63, 3.8) is 0 Å². The number of aromatic amines is 1. The Labute approximate surface area is 135 Å². The number of benzene rings is 1. The average molecular weight is 307 g/mol. The zero-order valence-electron chi connectivity index (χ0n) is 13.4. The fraction of sp³-hybridized carbons (Fsp3) is 0.333. The van der Waals surface area contributed by atoms with Gasteiger partial charge in [-0.3, -0.25) is 5.10 Å². The van der Waals surface area contributed by atoms with Gasteiger partial charge in [0.05, 0.1) is 0 Å². The van der Waals surface area contributed by atoms with Crippen LogP contribution in [0.5, 0.6) is 0 Å². The number of rotatable bonds is 3. The Morgan fingerprint density at radius 2 is 1.96 bits per heavy atom. The molecule has 2 aromatic rings. The van der Waals surface area contributed by atoms with Crippen molar-refractivity contribution in [2.75, 3.05) is 5.32 Å². The van der Waals surface area contributed by atoms with Crippen LogP contribution in [0.2, 0.25) is 0 Å². The number of aryl methyl sites for hydroxylation is 1. The van der Waals surface area contributed by atoms with E-state index in [1.54, 1.807) is 0 Å². The fourth-order valence-corrected chi connectivity index (χ4v) is 3.24. The highest BCUT2D eigenvalue weighted by Gasteiger charge is 2.51. The van der Waals surface area contributed by atoms with E-state index < -0.39 is 0 Å². The molecule has 0 radical (unpaired) electrons. The summed E-state index contributed by atoms with van der Waals surface area (Å²) in [6.45, 7) is 4.07. The lowest BCUT2D eigenvalue weighted by molar-refractivity contribution is 0.461. The van der Waals surface area contributed by atoms with Gasteiger partial charge >= 0.3 is 0 Å². The van der Waals surface area contributed by atoms with Crippen molar-refractivity contribution in [3.8, 4) is 0 Å². The highest BCUT2D eigenvalue weighted by molar-refractivity contribution is 6.04. The predicted octanol–water partition coefficient (Wildman–Crippen LogP) is 3.09. The molecule has 1 aliphatic carbocycles. The number of H-pyrrole nitrogens is 1. The van der Waals surface area contributed by atoms with Gasteiger partial charge in [-0.15, -0.1) is 0 Å². The first kappa shape index (κ1) is 14.1. The number of hydrogen-bond donors (Lipinski definition) is 3. The standard InChI is InChI=1S/C18H21N5/c1-12-10-15(20-16-11-13(2)22-23-16)21-17(19-12)18(8-9-18)14-6-4-3-5-7-14/h3-7,10-11,17,19H,8-9H2,1-2H3,(H2,20,21,22,23). The molecule has 0 amide bonds. The highest BCUT2D eigenvalue weighted by Crippen LogP contribution is 2.51. The SMILES string of the molecule is CC1=CC(Nc2cc(C)[nH]n2)=NC(C2(c3ccccc3)CC2)N1. The molecule has 1 aliphatic heterocycles. The van der Waals surface area contributed by atoms with E-state index in [1.807, 2.05) is 19.1 Å². The Balaban J connectivity index is 1.61. The van der Waals surface area contributed by atoms with Crippen LogP contribution >= 0.6 is 0 Å².